The molecule has 59 heavy (non-hydrogen) atoms. The number of aliphatic carboxylic acids is 1. The van der Waals surface area contributed by atoms with Gasteiger partial charge in [-0.1, -0.05) is 103 Å². The van der Waals surface area contributed by atoms with Gasteiger partial charge in [-0.3, -0.25) is 4.79 Å². The maximum atomic E-state index is 13.6. The van der Waals surface area contributed by atoms with Crippen LogP contribution in [0.2, 0.25) is 0 Å². The number of thioether (sulfide) groups is 1. The first-order valence-electron chi connectivity index (χ1n) is 19.3. The van der Waals surface area contributed by atoms with Gasteiger partial charge >= 0.3 is 24.2 Å². The lowest BCUT2D eigenvalue weighted by Crippen LogP contribution is -2.50. The number of hydrogen-bond acceptors (Lipinski definition) is 9. The van der Waals surface area contributed by atoms with Crippen LogP contribution >= 0.6 is 11.8 Å². The lowest BCUT2D eigenvalue weighted by Gasteiger charge is -2.35. The average molecular weight is 827 g/mol. The third kappa shape index (κ3) is 14.7. The monoisotopic (exact) mass is 826 g/mol. The van der Waals surface area contributed by atoms with Crippen LogP contribution in [0.4, 0.5) is 14.4 Å². The molecule has 4 rings (SSSR count). The molecule has 0 saturated heterocycles. The van der Waals surface area contributed by atoms with Gasteiger partial charge in [-0.25, -0.2) is 19.2 Å². The van der Waals surface area contributed by atoms with Crippen LogP contribution in [0.25, 0.3) is 0 Å². The van der Waals surface area contributed by atoms with Crippen LogP contribution in [-0.4, -0.2) is 77.4 Å². The Morgan fingerprint density at radius 3 is 1.49 bits per heavy atom. The van der Waals surface area contributed by atoms with E-state index >= 15 is 0 Å². The first-order valence-corrected chi connectivity index (χ1v) is 20.3. The average Bonchev–Trinajstić information content (AvgIpc) is 3.17. The Labute approximate surface area is 350 Å². The third-order valence-corrected chi connectivity index (χ3v) is 10.1. The van der Waals surface area contributed by atoms with E-state index in [1.165, 1.54) is 12.1 Å². The van der Waals surface area contributed by atoms with Gasteiger partial charge in [0.15, 0.2) is 0 Å². The van der Waals surface area contributed by atoms with Crippen molar-refractivity contribution in [1.82, 2.24) is 21.3 Å². The van der Waals surface area contributed by atoms with Gasteiger partial charge in [0.25, 0.3) is 0 Å². The molecule has 0 saturated carbocycles. The van der Waals surface area contributed by atoms with Gasteiger partial charge in [-0.2, -0.15) is 0 Å². The highest BCUT2D eigenvalue weighted by atomic mass is 32.2. The minimum atomic E-state index is -1.25. The number of alkyl carbamates (subject to hydrolysis) is 2. The summed E-state index contributed by atoms with van der Waals surface area (Å²) in [5, 5.41) is 20.2. The van der Waals surface area contributed by atoms with E-state index in [2.05, 4.69) is 57.7 Å². The molecule has 0 spiro atoms. The van der Waals surface area contributed by atoms with Gasteiger partial charge in [0.2, 0.25) is 5.91 Å². The van der Waals surface area contributed by atoms with Crippen molar-refractivity contribution < 1.29 is 43.3 Å². The number of carbonyl (C=O) groups is 5. The molecular formula is C45H54N4O9S. The fourth-order valence-corrected chi connectivity index (χ4v) is 7.45. The van der Waals surface area contributed by atoms with E-state index in [0.29, 0.717) is 11.3 Å². The summed E-state index contributed by atoms with van der Waals surface area (Å²) in [5.41, 5.74) is 2.23. The molecule has 14 heteroatoms. The van der Waals surface area contributed by atoms with Gasteiger partial charge in [-0.15, -0.1) is 11.8 Å². The van der Waals surface area contributed by atoms with Crippen molar-refractivity contribution >= 4 is 41.9 Å². The van der Waals surface area contributed by atoms with Crippen molar-refractivity contribution in [2.75, 3.05) is 18.8 Å². The smallest absolute Gasteiger partial charge is 0.412 e. The summed E-state index contributed by atoms with van der Waals surface area (Å²) in [4.78, 5) is 63.0. The SMILES string of the molecule is CC(C)(C)OC(=O)N[C@@H](Cc1ccc(OC(=O)NCC[C@H](NC(=O)OC(C)(C)C)C(=O)NCCSC(c2ccccc2)(c2ccccc2)c2ccccc2)cc1)C(=O)O. The van der Waals surface area contributed by atoms with Crippen molar-refractivity contribution in [3.63, 3.8) is 0 Å². The van der Waals surface area contributed by atoms with Gasteiger partial charge in [0.05, 0.1) is 4.75 Å². The molecule has 0 aliphatic heterocycles. The summed E-state index contributed by atoms with van der Waals surface area (Å²) in [6.07, 6.45) is -2.46. The second kappa shape index (κ2) is 21.1. The summed E-state index contributed by atoms with van der Waals surface area (Å²) >= 11 is 1.69. The Hall–Kier alpha value is -6.02. The quantitative estimate of drug-likeness (QED) is 0.0531. The number of benzene rings is 4. The van der Waals surface area contributed by atoms with E-state index in [4.69, 9.17) is 14.2 Å². The maximum Gasteiger partial charge on any atom is 0.412 e. The number of rotatable bonds is 17. The molecule has 0 fully saturated rings. The van der Waals surface area contributed by atoms with Crippen LogP contribution in [-0.2, 0) is 30.2 Å². The van der Waals surface area contributed by atoms with E-state index in [1.54, 1.807) is 65.4 Å². The number of amides is 4. The highest BCUT2D eigenvalue weighted by Gasteiger charge is 2.37. The number of carboxylic acid groups (broad SMARTS) is 1. The number of nitrogens with one attached hydrogen (secondary N) is 4. The predicted octanol–water partition coefficient (Wildman–Crippen LogP) is 7.42. The standard InChI is InChI=1S/C45H54N4O9S/c1-43(2,3)57-41(54)48-36(26-27-47-40(53)56-35-24-22-31(23-25-35)30-37(39(51)52)49-42(55)58-44(4,5)6)38(50)46-28-29-59-45(32-16-10-7-11-17-32,33-18-12-8-13-19-33)34-20-14-9-15-21-34/h7-25,36-37H,26-30H2,1-6H3,(H,46,50)(H,47,53)(H,48,54)(H,49,55)(H,51,52)/t36-,37-/m0/s1. The number of hydrogen-bond donors (Lipinski definition) is 5. The zero-order chi connectivity index (χ0) is 43.1. The number of carbonyl (C=O) groups excluding carboxylic acids is 4. The van der Waals surface area contributed by atoms with Crippen molar-refractivity contribution in [3.8, 4) is 5.75 Å². The molecule has 0 heterocycles. The summed E-state index contributed by atoms with van der Waals surface area (Å²) in [7, 11) is 0. The topological polar surface area (TPSA) is 181 Å². The van der Waals surface area contributed by atoms with Gasteiger partial charge in [-0.05, 0) is 82.3 Å². The van der Waals surface area contributed by atoms with E-state index < -0.39 is 58.2 Å². The lowest BCUT2D eigenvalue weighted by atomic mass is 9.84. The van der Waals surface area contributed by atoms with Gasteiger partial charge < -0.3 is 40.6 Å². The maximum absolute atomic E-state index is 13.6. The van der Waals surface area contributed by atoms with Crippen LogP contribution in [0, 0.1) is 0 Å². The Balaban J connectivity index is 1.37. The summed E-state index contributed by atoms with van der Waals surface area (Å²) in [5.74, 6) is -0.995. The lowest BCUT2D eigenvalue weighted by molar-refractivity contribution is -0.139. The minimum absolute atomic E-state index is 0.0233. The zero-order valence-electron chi connectivity index (χ0n) is 34.3. The van der Waals surface area contributed by atoms with Crippen LogP contribution in [0.15, 0.2) is 115 Å². The van der Waals surface area contributed by atoms with Crippen LogP contribution < -0.4 is 26.0 Å². The van der Waals surface area contributed by atoms with Crippen molar-refractivity contribution in [1.29, 1.82) is 0 Å². The first-order chi connectivity index (χ1) is 27.9. The molecule has 0 unspecified atom stereocenters. The Morgan fingerprint density at radius 1 is 0.593 bits per heavy atom. The van der Waals surface area contributed by atoms with Crippen molar-refractivity contribution in [3.05, 3.63) is 138 Å². The Kier molecular flexibility index (Phi) is 16.4. The fourth-order valence-electron chi connectivity index (χ4n) is 6.03. The molecule has 314 valence electrons. The Morgan fingerprint density at radius 2 is 1.05 bits per heavy atom. The number of carboxylic acids is 1. The van der Waals surface area contributed by atoms with Crippen LogP contribution in [0.3, 0.4) is 0 Å². The van der Waals surface area contributed by atoms with Crippen molar-refractivity contribution in [2.45, 2.75) is 82.4 Å². The molecule has 0 bridgehead atoms. The zero-order valence-corrected chi connectivity index (χ0v) is 35.1. The molecule has 0 aliphatic carbocycles. The van der Waals surface area contributed by atoms with Gasteiger partial charge in [0, 0.05) is 25.3 Å². The first kappa shape index (κ1) is 45.7. The second-order valence-electron chi connectivity index (χ2n) is 15.6. The van der Waals surface area contributed by atoms with Crippen LogP contribution in [0.5, 0.6) is 5.75 Å². The third-order valence-electron chi connectivity index (χ3n) is 8.53. The summed E-state index contributed by atoms with van der Waals surface area (Å²) < 4.78 is 15.4. The largest absolute Gasteiger partial charge is 0.480 e. The fraction of sp³-hybridized carbons (Fsp3) is 0.356. The highest BCUT2D eigenvalue weighted by molar-refractivity contribution is 8.00. The summed E-state index contributed by atoms with van der Waals surface area (Å²) in [6.45, 7) is 10.4. The molecule has 4 aromatic carbocycles. The van der Waals surface area contributed by atoms with Crippen LogP contribution in [0.1, 0.15) is 70.2 Å². The molecule has 0 aliphatic rings. The normalized spacial score (nSPS) is 12.6. The van der Waals surface area contributed by atoms with E-state index in [0.717, 1.165) is 16.7 Å². The predicted molar refractivity (Wildman–Crippen MR) is 227 cm³/mol. The Bertz CT molecular complexity index is 1890. The molecule has 0 aromatic heterocycles. The van der Waals surface area contributed by atoms with Gasteiger partial charge in [0.1, 0.15) is 29.0 Å². The molecular weight excluding hydrogens is 773 g/mol. The summed E-state index contributed by atoms with van der Waals surface area (Å²) in [6, 6.07) is 34.5. The van der Waals surface area contributed by atoms with E-state index in [1.807, 2.05) is 54.6 Å². The molecule has 5 N–H and O–H groups in total. The molecule has 4 aromatic rings. The van der Waals surface area contributed by atoms with E-state index in [9.17, 15) is 29.1 Å². The highest BCUT2D eigenvalue weighted by Crippen LogP contribution is 2.48. The second-order valence-corrected chi connectivity index (χ2v) is 16.9. The van der Waals surface area contributed by atoms with Crippen molar-refractivity contribution in [2.24, 2.45) is 0 Å². The van der Waals surface area contributed by atoms with E-state index in [-0.39, 0.29) is 31.7 Å². The molecule has 4 amide bonds. The minimum Gasteiger partial charge on any atom is -0.480 e. The molecule has 0 radical (unpaired) electrons. The number of ether oxygens (including phenoxy) is 3. The molecule has 13 nitrogen and oxygen atoms in total. The molecule has 2 atom stereocenters.